The predicted molar refractivity (Wildman–Crippen MR) is 76.6 cm³/mol. The van der Waals surface area contributed by atoms with Gasteiger partial charge in [0.1, 0.15) is 0 Å². The molecule has 100 valence electrons. The summed E-state index contributed by atoms with van der Waals surface area (Å²) in [6, 6.07) is 18.7. The highest BCUT2D eigenvalue weighted by molar-refractivity contribution is 5.28. The number of benzene rings is 2. The summed E-state index contributed by atoms with van der Waals surface area (Å²) in [7, 11) is 0. The van der Waals surface area contributed by atoms with Crippen LogP contribution in [-0.4, -0.2) is 10.2 Å². The lowest BCUT2D eigenvalue weighted by Crippen LogP contribution is -2.33. The lowest BCUT2D eigenvalue weighted by molar-refractivity contribution is -0.190. The van der Waals surface area contributed by atoms with Gasteiger partial charge in [0.05, 0.1) is 0 Å². The van der Waals surface area contributed by atoms with Crippen molar-refractivity contribution in [3.63, 3.8) is 0 Å². The molecule has 0 radical (unpaired) electrons. The van der Waals surface area contributed by atoms with E-state index in [1.54, 1.807) is 12.1 Å². The van der Waals surface area contributed by atoms with E-state index in [0.717, 1.165) is 18.4 Å². The van der Waals surface area contributed by atoms with Gasteiger partial charge in [-0.1, -0.05) is 74.0 Å². The van der Waals surface area contributed by atoms with Crippen molar-refractivity contribution in [3.8, 4) is 0 Å². The van der Waals surface area contributed by atoms with E-state index in [2.05, 4.69) is 6.92 Å². The van der Waals surface area contributed by atoms with Crippen molar-refractivity contribution in [1.29, 1.82) is 0 Å². The van der Waals surface area contributed by atoms with Gasteiger partial charge in [-0.3, -0.25) is 0 Å². The Kier molecular flexibility index (Phi) is 4.35. The highest BCUT2D eigenvalue weighted by atomic mass is 16.5. The van der Waals surface area contributed by atoms with Gasteiger partial charge < -0.3 is 10.2 Å². The van der Waals surface area contributed by atoms with Gasteiger partial charge in [-0.25, -0.2) is 0 Å². The van der Waals surface area contributed by atoms with Gasteiger partial charge in [-0.15, -0.1) is 0 Å². The molecule has 2 rings (SSSR count). The third kappa shape index (κ3) is 3.03. The Hall–Kier alpha value is -1.64. The summed E-state index contributed by atoms with van der Waals surface area (Å²) in [5.74, 6) is -2.15. The molecule has 0 aromatic heterocycles. The Morgan fingerprint density at radius 3 is 1.95 bits per heavy atom. The zero-order valence-corrected chi connectivity index (χ0v) is 11.2. The van der Waals surface area contributed by atoms with Crippen molar-refractivity contribution in [2.75, 3.05) is 0 Å². The van der Waals surface area contributed by atoms with Crippen LogP contribution in [0.15, 0.2) is 60.7 Å². The normalized spacial score (nSPS) is 13.2. The topological polar surface area (TPSA) is 40.5 Å². The zero-order chi connectivity index (χ0) is 13.7. The van der Waals surface area contributed by atoms with E-state index in [1.807, 2.05) is 48.5 Å². The maximum Gasteiger partial charge on any atom is 0.196 e. The molecular formula is C17H20O2. The maximum atomic E-state index is 10.6. The first-order valence-corrected chi connectivity index (χ1v) is 6.71. The molecule has 0 heterocycles. The molecule has 2 heteroatoms. The smallest absolute Gasteiger partial charge is 0.196 e. The van der Waals surface area contributed by atoms with E-state index in [0.29, 0.717) is 5.56 Å². The average molecular weight is 256 g/mol. The minimum absolute atomic E-state index is 0.318. The SMILES string of the molecule is CCCC(c1ccccc1)C(O)(O)c1ccccc1. The first kappa shape index (κ1) is 13.8. The third-order valence-electron chi connectivity index (χ3n) is 3.46. The summed E-state index contributed by atoms with van der Waals surface area (Å²) in [5, 5.41) is 21.2. The Morgan fingerprint density at radius 2 is 1.42 bits per heavy atom. The summed E-state index contributed by atoms with van der Waals surface area (Å²) in [5.41, 5.74) is 1.50. The molecule has 0 aliphatic carbocycles. The van der Waals surface area contributed by atoms with E-state index in [1.165, 1.54) is 0 Å². The molecule has 0 saturated carbocycles. The van der Waals surface area contributed by atoms with Crippen molar-refractivity contribution >= 4 is 0 Å². The van der Waals surface area contributed by atoms with E-state index in [-0.39, 0.29) is 5.92 Å². The van der Waals surface area contributed by atoms with Crippen LogP contribution in [-0.2, 0) is 5.79 Å². The van der Waals surface area contributed by atoms with E-state index in [9.17, 15) is 10.2 Å². The second-order valence-corrected chi connectivity index (χ2v) is 4.84. The van der Waals surface area contributed by atoms with Crippen LogP contribution in [0, 0.1) is 0 Å². The van der Waals surface area contributed by atoms with Crippen molar-refractivity contribution in [2.24, 2.45) is 0 Å². The molecule has 19 heavy (non-hydrogen) atoms. The molecule has 2 nitrogen and oxygen atoms in total. The second kappa shape index (κ2) is 6.00. The predicted octanol–water partition coefficient (Wildman–Crippen LogP) is 3.41. The average Bonchev–Trinajstić information content (AvgIpc) is 2.46. The number of hydrogen-bond donors (Lipinski definition) is 2. The van der Waals surface area contributed by atoms with E-state index < -0.39 is 5.79 Å². The van der Waals surface area contributed by atoms with Gasteiger partial charge in [0.25, 0.3) is 0 Å². The molecule has 2 N–H and O–H groups in total. The van der Waals surface area contributed by atoms with Crippen molar-refractivity contribution in [3.05, 3.63) is 71.8 Å². The van der Waals surface area contributed by atoms with Gasteiger partial charge in [0.2, 0.25) is 0 Å². The maximum absolute atomic E-state index is 10.6. The molecule has 2 aromatic carbocycles. The van der Waals surface area contributed by atoms with Crippen LogP contribution in [0.1, 0.15) is 36.8 Å². The molecule has 2 aromatic rings. The Bertz CT molecular complexity index is 491. The van der Waals surface area contributed by atoms with Gasteiger partial charge >= 0.3 is 0 Å². The van der Waals surface area contributed by atoms with Crippen LogP contribution in [0.2, 0.25) is 0 Å². The highest BCUT2D eigenvalue weighted by Crippen LogP contribution is 2.37. The summed E-state index contributed by atoms with van der Waals surface area (Å²) < 4.78 is 0. The molecule has 0 aliphatic rings. The molecule has 0 bridgehead atoms. The quantitative estimate of drug-likeness (QED) is 0.805. The molecule has 0 saturated heterocycles. The summed E-state index contributed by atoms with van der Waals surface area (Å²) in [6.07, 6.45) is 1.63. The number of aliphatic hydroxyl groups is 2. The van der Waals surface area contributed by atoms with Crippen LogP contribution in [0.25, 0.3) is 0 Å². The van der Waals surface area contributed by atoms with Crippen molar-refractivity contribution in [1.82, 2.24) is 0 Å². The number of hydrogen-bond acceptors (Lipinski definition) is 2. The molecule has 1 atom stereocenters. The fraction of sp³-hybridized carbons (Fsp3) is 0.294. The van der Waals surface area contributed by atoms with Crippen molar-refractivity contribution in [2.45, 2.75) is 31.5 Å². The van der Waals surface area contributed by atoms with Crippen LogP contribution >= 0.6 is 0 Å². The van der Waals surface area contributed by atoms with Crippen LogP contribution < -0.4 is 0 Å². The minimum Gasteiger partial charge on any atom is -0.361 e. The van der Waals surface area contributed by atoms with Gasteiger partial charge in [-0.2, -0.15) is 0 Å². The molecule has 0 spiro atoms. The minimum atomic E-state index is -1.83. The summed E-state index contributed by atoms with van der Waals surface area (Å²) in [4.78, 5) is 0. The standard InChI is InChI=1S/C17H20O2/c1-2-9-16(14-10-5-3-6-11-14)17(18,19)15-12-7-4-8-13-15/h3-8,10-13,16,18-19H,2,9H2,1H3. The zero-order valence-electron chi connectivity index (χ0n) is 11.2. The van der Waals surface area contributed by atoms with Crippen LogP contribution in [0.3, 0.4) is 0 Å². The van der Waals surface area contributed by atoms with Gasteiger partial charge in [-0.05, 0) is 12.0 Å². The molecule has 0 amide bonds. The van der Waals surface area contributed by atoms with E-state index >= 15 is 0 Å². The Balaban J connectivity index is 2.39. The van der Waals surface area contributed by atoms with E-state index in [4.69, 9.17) is 0 Å². The van der Waals surface area contributed by atoms with Gasteiger partial charge in [0.15, 0.2) is 5.79 Å². The summed E-state index contributed by atoms with van der Waals surface area (Å²) >= 11 is 0. The Labute approximate surface area is 114 Å². The highest BCUT2D eigenvalue weighted by Gasteiger charge is 2.36. The van der Waals surface area contributed by atoms with Gasteiger partial charge in [0, 0.05) is 11.5 Å². The monoisotopic (exact) mass is 256 g/mol. The molecular weight excluding hydrogens is 236 g/mol. The fourth-order valence-corrected chi connectivity index (χ4v) is 2.46. The summed E-state index contributed by atoms with van der Waals surface area (Å²) in [6.45, 7) is 2.05. The molecule has 0 fully saturated rings. The first-order chi connectivity index (χ1) is 9.16. The van der Waals surface area contributed by atoms with Crippen molar-refractivity contribution < 1.29 is 10.2 Å². The largest absolute Gasteiger partial charge is 0.361 e. The lowest BCUT2D eigenvalue weighted by atomic mass is 9.83. The molecule has 1 unspecified atom stereocenters. The first-order valence-electron chi connectivity index (χ1n) is 6.71. The van der Waals surface area contributed by atoms with Crippen LogP contribution in [0.4, 0.5) is 0 Å². The lowest BCUT2D eigenvalue weighted by Gasteiger charge is -2.32. The number of rotatable bonds is 5. The second-order valence-electron chi connectivity index (χ2n) is 4.84. The Morgan fingerprint density at radius 1 is 0.895 bits per heavy atom. The molecule has 0 aliphatic heterocycles. The fourth-order valence-electron chi connectivity index (χ4n) is 2.46. The van der Waals surface area contributed by atoms with Crippen LogP contribution in [0.5, 0.6) is 0 Å². The third-order valence-corrected chi connectivity index (χ3v) is 3.46.